The topological polar surface area (TPSA) is 62.3 Å². The van der Waals surface area contributed by atoms with E-state index in [1.165, 1.54) is 0 Å². The van der Waals surface area contributed by atoms with E-state index in [0.29, 0.717) is 6.61 Å². The fraction of sp³-hybridized carbons (Fsp3) is 0.786. The molecule has 1 atom stereocenters. The van der Waals surface area contributed by atoms with Crippen LogP contribution < -0.4 is 5.73 Å². The van der Waals surface area contributed by atoms with Gasteiger partial charge in [-0.25, -0.2) is 4.98 Å². The zero-order valence-corrected chi connectivity index (χ0v) is 12.0. The highest BCUT2D eigenvalue weighted by atomic mass is 16.5. The third kappa shape index (κ3) is 3.16. The molecule has 1 aliphatic rings. The van der Waals surface area contributed by atoms with Gasteiger partial charge in [0.05, 0.1) is 5.60 Å². The number of nitrogens with two attached hydrogens (primary N) is 1. The largest absolute Gasteiger partial charge is 0.381 e. The first-order valence-electron chi connectivity index (χ1n) is 7.19. The van der Waals surface area contributed by atoms with Crippen LogP contribution in [-0.4, -0.2) is 41.0 Å². The van der Waals surface area contributed by atoms with Gasteiger partial charge in [-0.1, -0.05) is 0 Å². The van der Waals surface area contributed by atoms with Gasteiger partial charge in [0.1, 0.15) is 5.82 Å². The van der Waals surface area contributed by atoms with Crippen molar-refractivity contribution in [3.63, 3.8) is 0 Å². The second-order valence-corrected chi connectivity index (χ2v) is 5.05. The normalized spacial score (nSPS) is 20.4. The maximum atomic E-state index is 6.45. The zero-order valence-electron chi connectivity index (χ0n) is 12.0. The number of hydrogen-bond acceptors (Lipinski definition) is 4. The summed E-state index contributed by atoms with van der Waals surface area (Å²) in [5.74, 6) is 1.04. The zero-order chi connectivity index (χ0) is 13.7. The van der Waals surface area contributed by atoms with Crippen LogP contribution >= 0.6 is 0 Å². The lowest BCUT2D eigenvalue weighted by Gasteiger charge is -2.41. The van der Waals surface area contributed by atoms with E-state index in [-0.39, 0.29) is 11.6 Å². The Morgan fingerprint density at radius 1 is 1.47 bits per heavy atom. The molecule has 0 aliphatic carbocycles. The van der Waals surface area contributed by atoms with Crippen molar-refractivity contribution in [1.29, 1.82) is 0 Å². The molecule has 108 valence electrons. The summed E-state index contributed by atoms with van der Waals surface area (Å²) in [6, 6.07) is -0.0379. The Hall–Kier alpha value is -0.910. The Morgan fingerprint density at radius 2 is 2.21 bits per heavy atom. The lowest BCUT2D eigenvalue weighted by atomic mass is 9.84. The van der Waals surface area contributed by atoms with Crippen LogP contribution in [0.2, 0.25) is 0 Å². The Morgan fingerprint density at radius 3 is 2.84 bits per heavy atom. The first kappa shape index (κ1) is 14.5. The van der Waals surface area contributed by atoms with E-state index in [0.717, 1.165) is 44.8 Å². The first-order chi connectivity index (χ1) is 9.22. The Kier molecular flexibility index (Phi) is 4.96. The molecule has 0 amide bonds. The van der Waals surface area contributed by atoms with Gasteiger partial charge in [0.15, 0.2) is 0 Å². The molecule has 1 saturated heterocycles. The van der Waals surface area contributed by atoms with Crippen molar-refractivity contribution in [2.45, 2.75) is 51.3 Å². The van der Waals surface area contributed by atoms with Gasteiger partial charge in [-0.15, -0.1) is 0 Å². The lowest BCUT2D eigenvalue weighted by molar-refractivity contribution is -0.120. The van der Waals surface area contributed by atoms with Crippen LogP contribution in [0, 0.1) is 0 Å². The highest BCUT2D eigenvalue weighted by Crippen LogP contribution is 2.29. The first-order valence-corrected chi connectivity index (χ1v) is 7.19. The number of ether oxygens (including phenoxy) is 2. The van der Waals surface area contributed by atoms with Gasteiger partial charge < -0.3 is 19.8 Å². The lowest BCUT2D eigenvalue weighted by Crippen LogP contribution is -2.54. The number of hydrogen-bond donors (Lipinski definition) is 1. The van der Waals surface area contributed by atoms with Crippen LogP contribution in [0.5, 0.6) is 0 Å². The van der Waals surface area contributed by atoms with Crippen LogP contribution in [0.3, 0.4) is 0 Å². The SMILES string of the molecule is CCOC1(C(N)Cc2nccn2CC)CCOCC1. The second-order valence-electron chi connectivity index (χ2n) is 5.05. The maximum absolute atomic E-state index is 6.45. The molecule has 1 aliphatic heterocycles. The summed E-state index contributed by atoms with van der Waals surface area (Å²) >= 11 is 0. The minimum atomic E-state index is -0.252. The maximum Gasteiger partial charge on any atom is 0.110 e. The summed E-state index contributed by atoms with van der Waals surface area (Å²) in [5.41, 5.74) is 6.20. The van der Waals surface area contributed by atoms with E-state index >= 15 is 0 Å². The molecule has 2 N–H and O–H groups in total. The van der Waals surface area contributed by atoms with Crippen LogP contribution in [-0.2, 0) is 22.4 Å². The Balaban J connectivity index is 2.09. The predicted octanol–water partition coefficient (Wildman–Crippen LogP) is 1.36. The quantitative estimate of drug-likeness (QED) is 0.845. The molecule has 19 heavy (non-hydrogen) atoms. The molecule has 2 rings (SSSR count). The summed E-state index contributed by atoms with van der Waals surface area (Å²) in [7, 11) is 0. The van der Waals surface area contributed by atoms with Crippen molar-refractivity contribution in [3.8, 4) is 0 Å². The van der Waals surface area contributed by atoms with Gasteiger partial charge in [-0.3, -0.25) is 0 Å². The molecule has 1 aromatic heterocycles. The average molecular weight is 267 g/mol. The van der Waals surface area contributed by atoms with Crippen molar-refractivity contribution in [1.82, 2.24) is 9.55 Å². The Bertz CT molecular complexity index is 380. The molecule has 0 radical (unpaired) electrons. The summed E-state index contributed by atoms with van der Waals surface area (Å²) in [4.78, 5) is 4.41. The van der Waals surface area contributed by atoms with E-state index in [4.69, 9.17) is 15.2 Å². The van der Waals surface area contributed by atoms with Crippen LogP contribution in [0.1, 0.15) is 32.5 Å². The molecule has 1 aromatic rings. The van der Waals surface area contributed by atoms with Crippen molar-refractivity contribution >= 4 is 0 Å². The van der Waals surface area contributed by atoms with Gasteiger partial charge in [-0.2, -0.15) is 0 Å². The minimum absolute atomic E-state index is 0.0379. The van der Waals surface area contributed by atoms with Crippen LogP contribution in [0.4, 0.5) is 0 Å². The number of aromatic nitrogens is 2. The molecule has 0 saturated carbocycles. The average Bonchev–Trinajstić information content (AvgIpc) is 2.87. The summed E-state index contributed by atoms with van der Waals surface area (Å²) in [5, 5.41) is 0. The van der Waals surface area contributed by atoms with Crippen molar-refractivity contribution in [3.05, 3.63) is 18.2 Å². The predicted molar refractivity (Wildman–Crippen MR) is 74.0 cm³/mol. The van der Waals surface area contributed by atoms with Gasteiger partial charge in [0, 0.05) is 64.1 Å². The molecular weight excluding hydrogens is 242 g/mol. The third-order valence-electron chi connectivity index (χ3n) is 3.99. The number of rotatable bonds is 6. The number of nitrogens with zero attached hydrogens (tertiary/aromatic N) is 2. The highest BCUT2D eigenvalue weighted by molar-refractivity contribution is 5.02. The smallest absolute Gasteiger partial charge is 0.110 e. The van der Waals surface area contributed by atoms with Gasteiger partial charge in [0.2, 0.25) is 0 Å². The highest BCUT2D eigenvalue weighted by Gasteiger charge is 2.39. The van der Waals surface area contributed by atoms with E-state index in [9.17, 15) is 0 Å². The van der Waals surface area contributed by atoms with E-state index in [1.54, 1.807) is 0 Å². The van der Waals surface area contributed by atoms with E-state index in [2.05, 4.69) is 16.5 Å². The van der Waals surface area contributed by atoms with E-state index < -0.39 is 0 Å². The summed E-state index contributed by atoms with van der Waals surface area (Å²) in [6.45, 7) is 7.22. The molecule has 1 fully saturated rings. The van der Waals surface area contributed by atoms with Gasteiger partial charge in [0.25, 0.3) is 0 Å². The van der Waals surface area contributed by atoms with Crippen LogP contribution in [0.15, 0.2) is 12.4 Å². The van der Waals surface area contributed by atoms with E-state index in [1.807, 2.05) is 19.3 Å². The molecule has 0 spiro atoms. The standard InChI is InChI=1S/C14H25N3O2/c1-3-17-8-7-16-13(17)11-12(15)14(19-4-2)5-9-18-10-6-14/h7-8,12H,3-6,9-11,15H2,1-2H3. The molecule has 2 heterocycles. The monoisotopic (exact) mass is 267 g/mol. The second kappa shape index (κ2) is 6.50. The third-order valence-corrected chi connectivity index (χ3v) is 3.99. The molecule has 5 nitrogen and oxygen atoms in total. The summed E-state index contributed by atoms with van der Waals surface area (Å²) < 4.78 is 13.6. The summed E-state index contributed by atoms with van der Waals surface area (Å²) in [6.07, 6.45) is 6.33. The van der Waals surface area contributed by atoms with Crippen molar-refractivity contribution < 1.29 is 9.47 Å². The van der Waals surface area contributed by atoms with Gasteiger partial charge >= 0.3 is 0 Å². The minimum Gasteiger partial charge on any atom is -0.381 e. The van der Waals surface area contributed by atoms with Gasteiger partial charge in [-0.05, 0) is 13.8 Å². The fourth-order valence-electron chi connectivity index (χ4n) is 2.83. The molecule has 1 unspecified atom stereocenters. The molecule has 5 heteroatoms. The Labute approximate surface area is 115 Å². The fourth-order valence-corrected chi connectivity index (χ4v) is 2.83. The number of aryl methyl sites for hydroxylation is 1. The van der Waals surface area contributed by atoms with Crippen molar-refractivity contribution in [2.75, 3.05) is 19.8 Å². The molecule has 0 aromatic carbocycles. The molecule has 0 bridgehead atoms. The number of imidazole rings is 1. The van der Waals surface area contributed by atoms with Crippen LogP contribution in [0.25, 0.3) is 0 Å². The molecular formula is C14H25N3O2. The van der Waals surface area contributed by atoms with Crippen molar-refractivity contribution in [2.24, 2.45) is 5.73 Å².